The number of piperazine rings is 1. The van der Waals surface area contributed by atoms with Gasteiger partial charge in [-0.3, -0.25) is 19.3 Å². The summed E-state index contributed by atoms with van der Waals surface area (Å²) >= 11 is 1.33. The van der Waals surface area contributed by atoms with Crippen molar-refractivity contribution in [1.29, 1.82) is 0 Å². The van der Waals surface area contributed by atoms with Crippen molar-refractivity contribution in [3.63, 3.8) is 0 Å². The number of nitrogens with zero attached hydrogens (tertiary/aromatic N) is 2. The third-order valence-electron chi connectivity index (χ3n) is 3.23. The van der Waals surface area contributed by atoms with Crippen molar-refractivity contribution in [1.82, 2.24) is 15.1 Å². The Kier molecular flexibility index (Phi) is 5.29. The lowest BCUT2D eigenvalue weighted by atomic mass is 10.3. The molecule has 114 valence electrons. The van der Waals surface area contributed by atoms with Gasteiger partial charge in [-0.05, 0) is 11.4 Å². The van der Waals surface area contributed by atoms with Crippen LogP contribution < -0.4 is 5.32 Å². The second-order valence-electron chi connectivity index (χ2n) is 4.71. The van der Waals surface area contributed by atoms with Gasteiger partial charge in [0, 0.05) is 26.2 Å². The molecular formula is C13H17N3O4S. The second-order valence-corrected chi connectivity index (χ2v) is 5.66. The summed E-state index contributed by atoms with van der Waals surface area (Å²) in [5.41, 5.74) is 0. The van der Waals surface area contributed by atoms with Crippen LogP contribution in [-0.4, -0.2) is 72.0 Å². The summed E-state index contributed by atoms with van der Waals surface area (Å²) in [5, 5.41) is 13.1. The summed E-state index contributed by atoms with van der Waals surface area (Å²) in [7, 11) is 0. The van der Waals surface area contributed by atoms with Gasteiger partial charge in [0.2, 0.25) is 5.91 Å². The van der Waals surface area contributed by atoms with Crippen molar-refractivity contribution in [3.8, 4) is 0 Å². The van der Waals surface area contributed by atoms with Crippen molar-refractivity contribution < 1.29 is 19.5 Å². The van der Waals surface area contributed by atoms with Gasteiger partial charge >= 0.3 is 5.97 Å². The minimum absolute atomic E-state index is 0.00283. The molecule has 0 radical (unpaired) electrons. The summed E-state index contributed by atoms with van der Waals surface area (Å²) in [4.78, 5) is 38.3. The molecule has 1 aliphatic rings. The van der Waals surface area contributed by atoms with Crippen LogP contribution in [0.3, 0.4) is 0 Å². The molecule has 1 aliphatic heterocycles. The van der Waals surface area contributed by atoms with E-state index in [4.69, 9.17) is 5.11 Å². The molecule has 0 atom stereocenters. The first-order chi connectivity index (χ1) is 10.1. The number of carbonyl (C=O) groups is 3. The molecule has 1 aromatic heterocycles. The van der Waals surface area contributed by atoms with Crippen LogP contribution in [0.15, 0.2) is 17.5 Å². The summed E-state index contributed by atoms with van der Waals surface area (Å²) in [6.07, 6.45) is 0. The minimum atomic E-state index is -0.863. The Morgan fingerprint density at radius 3 is 2.52 bits per heavy atom. The molecule has 0 aromatic carbocycles. The van der Waals surface area contributed by atoms with Crippen molar-refractivity contribution in [2.24, 2.45) is 0 Å². The van der Waals surface area contributed by atoms with Crippen LogP contribution in [0.1, 0.15) is 9.67 Å². The average Bonchev–Trinajstić information content (AvgIpc) is 2.99. The molecule has 0 saturated carbocycles. The number of rotatable bonds is 5. The maximum Gasteiger partial charge on any atom is 0.317 e. The Bertz CT molecular complexity index is 509. The van der Waals surface area contributed by atoms with Crippen molar-refractivity contribution in [3.05, 3.63) is 22.4 Å². The SMILES string of the molecule is O=C(O)CN1CCN(C(=O)CNC(=O)c2cccs2)CC1. The lowest BCUT2D eigenvalue weighted by Gasteiger charge is -2.33. The van der Waals surface area contributed by atoms with Crippen molar-refractivity contribution in [2.75, 3.05) is 39.3 Å². The number of thiophene rings is 1. The third-order valence-corrected chi connectivity index (χ3v) is 4.10. The second kappa shape index (κ2) is 7.19. The van der Waals surface area contributed by atoms with Gasteiger partial charge in [-0.1, -0.05) is 6.07 Å². The predicted molar refractivity (Wildman–Crippen MR) is 77.3 cm³/mol. The molecule has 0 spiro atoms. The average molecular weight is 311 g/mol. The van der Waals surface area contributed by atoms with Crippen molar-refractivity contribution >= 4 is 29.1 Å². The number of carbonyl (C=O) groups excluding carboxylic acids is 2. The highest BCUT2D eigenvalue weighted by Crippen LogP contribution is 2.07. The van der Waals surface area contributed by atoms with Gasteiger partial charge in [-0.15, -0.1) is 11.3 Å². The van der Waals surface area contributed by atoms with Crippen LogP contribution in [0.25, 0.3) is 0 Å². The normalized spacial score (nSPS) is 15.7. The van der Waals surface area contributed by atoms with E-state index in [1.165, 1.54) is 11.3 Å². The van der Waals surface area contributed by atoms with E-state index in [0.717, 1.165) is 0 Å². The fraction of sp³-hybridized carbons (Fsp3) is 0.462. The van der Waals surface area contributed by atoms with Gasteiger partial charge in [0.15, 0.2) is 0 Å². The van der Waals surface area contributed by atoms with Crippen LogP contribution in [0.5, 0.6) is 0 Å². The summed E-state index contributed by atoms with van der Waals surface area (Å²) in [5.74, 6) is -1.25. The molecular weight excluding hydrogens is 294 g/mol. The molecule has 2 heterocycles. The molecule has 0 bridgehead atoms. The fourth-order valence-electron chi connectivity index (χ4n) is 2.11. The van der Waals surface area contributed by atoms with E-state index in [1.54, 1.807) is 27.3 Å². The largest absolute Gasteiger partial charge is 0.480 e. The lowest BCUT2D eigenvalue weighted by Crippen LogP contribution is -2.52. The molecule has 0 unspecified atom stereocenters. The quantitative estimate of drug-likeness (QED) is 0.780. The predicted octanol–water partition coefficient (Wildman–Crippen LogP) is -0.293. The summed E-state index contributed by atoms with van der Waals surface area (Å²) in [6, 6.07) is 3.48. The number of hydrogen-bond donors (Lipinski definition) is 2. The highest BCUT2D eigenvalue weighted by molar-refractivity contribution is 7.12. The Labute approximate surface area is 126 Å². The first-order valence-electron chi connectivity index (χ1n) is 6.60. The standard InChI is InChI=1S/C13H17N3O4S/c17-11(8-14-13(20)10-2-1-7-21-10)16-5-3-15(4-6-16)9-12(18)19/h1-2,7H,3-6,8-9H2,(H,14,20)(H,18,19). The van der Waals surface area contributed by atoms with E-state index in [9.17, 15) is 14.4 Å². The molecule has 0 aliphatic carbocycles. The zero-order valence-electron chi connectivity index (χ0n) is 11.4. The number of carboxylic acids is 1. The number of hydrogen-bond acceptors (Lipinski definition) is 5. The zero-order valence-corrected chi connectivity index (χ0v) is 12.3. The monoisotopic (exact) mass is 311 g/mol. The summed E-state index contributed by atoms with van der Waals surface area (Å²) in [6.45, 7) is 2.02. The Morgan fingerprint density at radius 1 is 1.24 bits per heavy atom. The number of amides is 2. The first-order valence-corrected chi connectivity index (χ1v) is 7.48. The van der Waals surface area contributed by atoms with Gasteiger partial charge < -0.3 is 15.3 Å². The van der Waals surface area contributed by atoms with Gasteiger partial charge in [-0.25, -0.2) is 0 Å². The highest BCUT2D eigenvalue weighted by atomic mass is 32.1. The van der Waals surface area contributed by atoms with Crippen LogP contribution in [-0.2, 0) is 9.59 Å². The molecule has 21 heavy (non-hydrogen) atoms. The Balaban J connectivity index is 1.72. The summed E-state index contributed by atoms with van der Waals surface area (Å²) < 4.78 is 0. The first kappa shape index (κ1) is 15.5. The van der Waals surface area contributed by atoms with Crippen LogP contribution >= 0.6 is 11.3 Å². The molecule has 2 N–H and O–H groups in total. The fourth-order valence-corrected chi connectivity index (χ4v) is 2.75. The molecule has 8 heteroatoms. The van der Waals surface area contributed by atoms with Gasteiger partial charge in [0.25, 0.3) is 5.91 Å². The highest BCUT2D eigenvalue weighted by Gasteiger charge is 2.22. The number of carboxylic acid groups (broad SMARTS) is 1. The van der Waals surface area contributed by atoms with Crippen LogP contribution in [0.4, 0.5) is 0 Å². The van der Waals surface area contributed by atoms with E-state index in [1.807, 2.05) is 0 Å². The minimum Gasteiger partial charge on any atom is -0.480 e. The van der Waals surface area contributed by atoms with Gasteiger partial charge in [0.1, 0.15) is 0 Å². The number of aliphatic carboxylic acids is 1. The molecule has 7 nitrogen and oxygen atoms in total. The van der Waals surface area contributed by atoms with E-state index < -0.39 is 5.97 Å². The number of nitrogens with one attached hydrogen (secondary N) is 1. The molecule has 1 saturated heterocycles. The smallest absolute Gasteiger partial charge is 0.317 e. The topological polar surface area (TPSA) is 89.9 Å². The molecule has 2 amide bonds. The zero-order chi connectivity index (χ0) is 15.2. The van der Waals surface area contributed by atoms with Gasteiger partial charge in [-0.2, -0.15) is 0 Å². The van der Waals surface area contributed by atoms with E-state index in [0.29, 0.717) is 31.1 Å². The maximum absolute atomic E-state index is 12.0. The van der Waals surface area contributed by atoms with E-state index in [2.05, 4.69) is 5.32 Å². The lowest BCUT2D eigenvalue weighted by molar-refractivity contribution is -0.139. The molecule has 1 fully saturated rings. The Hall–Kier alpha value is -1.93. The van der Waals surface area contributed by atoms with E-state index >= 15 is 0 Å². The Morgan fingerprint density at radius 2 is 1.95 bits per heavy atom. The third kappa shape index (κ3) is 4.54. The van der Waals surface area contributed by atoms with Crippen molar-refractivity contribution in [2.45, 2.75) is 0 Å². The maximum atomic E-state index is 12.0. The van der Waals surface area contributed by atoms with Crippen LogP contribution in [0, 0.1) is 0 Å². The molecule has 1 aromatic rings. The van der Waals surface area contributed by atoms with Crippen LogP contribution in [0.2, 0.25) is 0 Å². The van der Waals surface area contributed by atoms with Gasteiger partial charge in [0.05, 0.1) is 18.0 Å². The van der Waals surface area contributed by atoms with E-state index in [-0.39, 0.29) is 24.9 Å². The molecule has 2 rings (SSSR count).